The Morgan fingerprint density at radius 2 is 2.25 bits per heavy atom. The van der Waals surface area contributed by atoms with Crippen molar-refractivity contribution in [3.8, 4) is 0 Å². The van der Waals surface area contributed by atoms with Gasteiger partial charge in [-0.05, 0) is 37.6 Å². The van der Waals surface area contributed by atoms with Crippen molar-refractivity contribution in [2.24, 2.45) is 5.73 Å². The van der Waals surface area contributed by atoms with Crippen LogP contribution in [0.1, 0.15) is 22.3 Å². The summed E-state index contributed by atoms with van der Waals surface area (Å²) in [6.45, 7) is 2.91. The van der Waals surface area contributed by atoms with Crippen molar-refractivity contribution in [1.29, 1.82) is 0 Å². The largest absolute Gasteiger partial charge is 0.368 e. The summed E-state index contributed by atoms with van der Waals surface area (Å²) in [6.07, 6.45) is 0.729. The summed E-state index contributed by atoms with van der Waals surface area (Å²) in [4.78, 5) is 25.0. The number of carbonyl (C=O) groups excluding carboxylic acids is 2. The summed E-state index contributed by atoms with van der Waals surface area (Å²) >= 11 is 0. The zero-order valence-corrected chi connectivity index (χ0v) is 11.4. The minimum absolute atomic E-state index is 0.0243. The molecule has 20 heavy (non-hydrogen) atoms. The first kappa shape index (κ1) is 14.5. The van der Waals surface area contributed by atoms with Gasteiger partial charge in [0.1, 0.15) is 5.82 Å². The number of halogens is 1. The number of nitrogens with one attached hydrogen (secondary N) is 1. The smallest absolute Gasteiger partial charge is 0.257 e. The molecule has 1 fully saturated rings. The van der Waals surface area contributed by atoms with Crippen molar-refractivity contribution in [2.45, 2.75) is 19.4 Å². The Kier molecular flexibility index (Phi) is 4.34. The summed E-state index contributed by atoms with van der Waals surface area (Å²) in [6, 6.07) is 4.30. The SMILES string of the molecule is Cc1ccc(C(=O)N(CC(N)=O)C2CCNC2)c(F)c1. The van der Waals surface area contributed by atoms with Crippen LogP contribution < -0.4 is 11.1 Å². The van der Waals surface area contributed by atoms with Gasteiger partial charge in [0.15, 0.2) is 0 Å². The highest BCUT2D eigenvalue weighted by atomic mass is 19.1. The Labute approximate surface area is 116 Å². The Bertz CT molecular complexity index is 527. The fourth-order valence-electron chi connectivity index (χ4n) is 2.39. The molecule has 0 radical (unpaired) electrons. The third kappa shape index (κ3) is 3.14. The number of carbonyl (C=O) groups is 2. The predicted molar refractivity (Wildman–Crippen MR) is 72.6 cm³/mol. The van der Waals surface area contributed by atoms with E-state index < -0.39 is 17.6 Å². The van der Waals surface area contributed by atoms with E-state index in [2.05, 4.69) is 5.32 Å². The second-order valence-electron chi connectivity index (χ2n) is 5.03. The van der Waals surface area contributed by atoms with Crippen molar-refractivity contribution in [3.63, 3.8) is 0 Å². The summed E-state index contributed by atoms with van der Waals surface area (Å²) in [7, 11) is 0. The van der Waals surface area contributed by atoms with Gasteiger partial charge in [0.25, 0.3) is 5.91 Å². The maximum Gasteiger partial charge on any atom is 0.257 e. The zero-order chi connectivity index (χ0) is 14.7. The zero-order valence-electron chi connectivity index (χ0n) is 11.4. The number of hydrogen-bond acceptors (Lipinski definition) is 3. The van der Waals surface area contributed by atoms with Crippen molar-refractivity contribution >= 4 is 11.8 Å². The summed E-state index contributed by atoms with van der Waals surface area (Å²) in [5, 5.41) is 3.12. The molecular formula is C14H18FN3O2. The molecule has 1 heterocycles. The molecule has 1 aliphatic rings. The Morgan fingerprint density at radius 1 is 1.50 bits per heavy atom. The van der Waals surface area contributed by atoms with Gasteiger partial charge in [-0.2, -0.15) is 0 Å². The van der Waals surface area contributed by atoms with Crippen LogP contribution >= 0.6 is 0 Å². The molecule has 0 aromatic heterocycles. The predicted octanol–water partition coefficient (Wildman–Crippen LogP) is 0.424. The van der Waals surface area contributed by atoms with Crippen LogP contribution in [-0.2, 0) is 4.79 Å². The van der Waals surface area contributed by atoms with Crippen LogP contribution in [0.4, 0.5) is 4.39 Å². The van der Waals surface area contributed by atoms with E-state index in [1.54, 1.807) is 13.0 Å². The van der Waals surface area contributed by atoms with Gasteiger partial charge in [-0.1, -0.05) is 6.07 Å². The monoisotopic (exact) mass is 279 g/mol. The van der Waals surface area contributed by atoms with E-state index in [4.69, 9.17) is 5.73 Å². The number of aryl methyl sites for hydroxylation is 1. The molecule has 6 heteroatoms. The number of hydrogen-bond donors (Lipinski definition) is 2. The molecule has 1 aromatic carbocycles. The van der Waals surface area contributed by atoms with Crippen LogP contribution in [0.15, 0.2) is 18.2 Å². The molecule has 1 unspecified atom stereocenters. The topological polar surface area (TPSA) is 75.4 Å². The van der Waals surface area contributed by atoms with E-state index in [9.17, 15) is 14.0 Å². The van der Waals surface area contributed by atoms with Crippen molar-refractivity contribution in [2.75, 3.05) is 19.6 Å². The van der Waals surface area contributed by atoms with Gasteiger partial charge in [-0.3, -0.25) is 9.59 Å². The van der Waals surface area contributed by atoms with Gasteiger partial charge in [-0.25, -0.2) is 4.39 Å². The van der Waals surface area contributed by atoms with Crippen LogP contribution in [0.3, 0.4) is 0 Å². The molecule has 0 bridgehead atoms. The molecule has 1 atom stereocenters. The second-order valence-corrected chi connectivity index (χ2v) is 5.03. The lowest BCUT2D eigenvalue weighted by molar-refractivity contribution is -0.119. The Morgan fingerprint density at radius 3 is 2.80 bits per heavy atom. The maximum absolute atomic E-state index is 13.9. The first-order valence-electron chi connectivity index (χ1n) is 6.55. The summed E-state index contributed by atoms with van der Waals surface area (Å²) in [5.74, 6) is -1.66. The van der Waals surface area contributed by atoms with Crippen LogP contribution in [0.25, 0.3) is 0 Å². The number of nitrogens with two attached hydrogens (primary N) is 1. The molecule has 0 aliphatic carbocycles. The van der Waals surface area contributed by atoms with Crippen molar-refractivity contribution in [1.82, 2.24) is 10.2 Å². The third-order valence-corrected chi connectivity index (χ3v) is 3.42. The quantitative estimate of drug-likeness (QED) is 0.839. The molecule has 0 saturated carbocycles. The van der Waals surface area contributed by atoms with Crippen LogP contribution in [0.5, 0.6) is 0 Å². The van der Waals surface area contributed by atoms with E-state index in [1.165, 1.54) is 17.0 Å². The lowest BCUT2D eigenvalue weighted by Crippen LogP contribution is -2.46. The highest BCUT2D eigenvalue weighted by Crippen LogP contribution is 2.16. The maximum atomic E-state index is 13.9. The molecule has 2 rings (SSSR count). The summed E-state index contributed by atoms with van der Waals surface area (Å²) < 4.78 is 13.9. The Hall–Kier alpha value is -1.95. The molecule has 2 amide bonds. The standard InChI is InChI=1S/C14H18FN3O2/c1-9-2-3-11(12(15)6-9)14(20)18(8-13(16)19)10-4-5-17-7-10/h2-3,6,10,17H,4-5,7-8H2,1H3,(H2,16,19). The molecule has 1 aromatic rings. The van der Waals surface area contributed by atoms with E-state index in [-0.39, 0.29) is 18.2 Å². The van der Waals surface area contributed by atoms with E-state index >= 15 is 0 Å². The average molecular weight is 279 g/mol. The first-order valence-corrected chi connectivity index (χ1v) is 6.55. The normalized spacial score (nSPS) is 18.0. The van der Waals surface area contributed by atoms with Gasteiger partial charge in [0.05, 0.1) is 12.1 Å². The Balaban J connectivity index is 2.27. The molecular weight excluding hydrogens is 261 g/mol. The van der Waals surface area contributed by atoms with Gasteiger partial charge < -0.3 is 16.0 Å². The second kappa shape index (κ2) is 6.00. The van der Waals surface area contributed by atoms with E-state index in [0.717, 1.165) is 18.5 Å². The van der Waals surface area contributed by atoms with Gasteiger partial charge >= 0.3 is 0 Å². The number of amides is 2. The fourth-order valence-corrected chi connectivity index (χ4v) is 2.39. The number of primary amides is 1. The lowest BCUT2D eigenvalue weighted by Gasteiger charge is -2.27. The third-order valence-electron chi connectivity index (χ3n) is 3.42. The first-order chi connectivity index (χ1) is 9.49. The fraction of sp³-hybridized carbons (Fsp3) is 0.429. The molecule has 108 valence electrons. The van der Waals surface area contributed by atoms with Crippen molar-refractivity contribution < 1.29 is 14.0 Å². The van der Waals surface area contributed by atoms with Crippen LogP contribution in [0.2, 0.25) is 0 Å². The van der Waals surface area contributed by atoms with E-state index in [0.29, 0.717) is 6.54 Å². The minimum Gasteiger partial charge on any atom is -0.368 e. The van der Waals surface area contributed by atoms with Crippen molar-refractivity contribution in [3.05, 3.63) is 35.1 Å². The van der Waals surface area contributed by atoms with Crippen LogP contribution in [0, 0.1) is 12.7 Å². The highest BCUT2D eigenvalue weighted by Gasteiger charge is 2.29. The van der Waals surface area contributed by atoms with Crippen LogP contribution in [-0.4, -0.2) is 42.4 Å². The van der Waals surface area contributed by atoms with Gasteiger partial charge in [0.2, 0.25) is 5.91 Å². The lowest BCUT2D eigenvalue weighted by atomic mass is 10.1. The molecule has 1 saturated heterocycles. The van der Waals surface area contributed by atoms with Gasteiger partial charge in [-0.15, -0.1) is 0 Å². The summed E-state index contributed by atoms with van der Waals surface area (Å²) in [5.41, 5.74) is 5.91. The average Bonchev–Trinajstić information content (AvgIpc) is 2.88. The van der Waals surface area contributed by atoms with Gasteiger partial charge in [0, 0.05) is 12.6 Å². The highest BCUT2D eigenvalue weighted by molar-refractivity contribution is 5.96. The molecule has 1 aliphatic heterocycles. The molecule has 5 nitrogen and oxygen atoms in total. The number of nitrogens with zero attached hydrogens (tertiary/aromatic N) is 1. The number of benzene rings is 1. The molecule has 3 N–H and O–H groups in total. The molecule has 0 spiro atoms. The van der Waals surface area contributed by atoms with E-state index in [1.807, 2.05) is 0 Å². The number of rotatable bonds is 4. The minimum atomic E-state index is -0.599.